The van der Waals surface area contributed by atoms with Crippen LogP contribution in [0.2, 0.25) is 0 Å². The minimum Gasteiger partial charge on any atom is -0.496 e. The van der Waals surface area contributed by atoms with E-state index < -0.39 is 0 Å². The van der Waals surface area contributed by atoms with Crippen LogP contribution in [0.5, 0.6) is 5.75 Å². The number of hydrogen-bond donors (Lipinski definition) is 2. The molecule has 0 radical (unpaired) electrons. The lowest BCUT2D eigenvalue weighted by molar-refractivity contribution is -0.116. The van der Waals surface area contributed by atoms with Gasteiger partial charge in [0.25, 0.3) is 0 Å². The Bertz CT molecular complexity index is 711. The Labute approximate surface area is 150 Å². The Balaban J connectivity index is 1.86. The number of ether oxygens (including phenoxy) is 1. The largest absolute Gasteiger partial charge is 0.496 e. The molecule has 2 aromatic carbocycles. The molecule has 0 heterocycles. The summed E-state index contributed by atoms with van der Waals surface area (Å²) in [5.74, 6) is 1.27. The van der Waals surface area contributed by atoms with E-state index in [2.05, 4.69) is 30.5 Å². The second-order valence-electron chi connectivity index (χ2n) is 6.48. The molecule has 0 saturated carbocycles. The van der Waals surface area contributed by atoms with Crippen molar-refractivity contribution in [1.82, 2.24) is 5.32 Å². The molecule has 0 fully saturated rings. The first-order chi connectivity index (χ1) is 12.0. The Morgan fingerprint density at radius 3 is 2.60 bits per heavy atom. The van der Waals surface area contributed by atoms with Crippen molar-refractivity contribution in [3.8, 4) is 5.75 Å². The Hall–Kier alpha value is -2.33. The van der Waals surface area contributed by atoms with E-state index in [1.807, 2.05) is 43.3 Å². The van der Waals surface area contributed by atoms with Gasteiger partial charge in [-0.25, -0.2) is 0 Å². The van der Waals surface area contributed by atoms with Crippen molar-refractivity contribution in [1.29, 1.82) is 0 Å². The van der Waals surface area contributed by atoms with Gasteiger partial charge in [0, 0.05) is 30.8 Å². The number of methoxy groups -OCH3 is 1. The lowest BCUT2D eigenvalue weighted by Crippen LogP contribution is -2.22. The van der Waals surface area contributed by atoms with Gasteiger partial charge >= 0.3 is 0 Å². The number of benzene rings is 2. The van der Waals surface area contributed by atoms with E-state index in [9.17, 15) is 4.79 Å². The predicted molar refractivity (Wildman–Crippen MR) is 103 cm³/mol. The van der Waals surface area contributed by atoms with Crippen molar-refractivity contribution in [2.45, 2.75) is 39.7 Å². The fourth-order valence-electron chi connectivity index (χ4n) is 2.82. The summed E-state index contributed by atoms with van der Waals surface area (Å²) >= 11 is 0. The summed E-state index contributed by atoms with van der Waals surface area (Å²) in [5, 5.41) is 6.38. The van der Waals surface area contributed by atoms with Crippen LogP contribution in [0.25, 0.3) is 0 Å². The maximum atomic E-state index is 12.3. The van der Waals surface area contributed by atoms with E-state index >= 15 is 0 Å². The zero-order valence-electron chi connectivity index (χ0n) is 15.6. The molecule has 0 aromatic heterocycles. The summed E-state index contributed by atoms with van der Waals surface area (Å²) in [6, 6.07) is 14.0. The van der Waals surface area contributed by atoms with E-state index in [1.165, 1.54) is 5.56 Å². The first kappa shape index (κ1) is 19.0. The fraction of sp³-hybridized carbons (Fsp3) is 0.381. The summed E-state index contributed by atoms with van der Waals surface area (Å²) in [6.07, 6.45) is 0.432. The van der Waals surface area contributed by atoms with Gasteiger partial charge in [-0.05, 0) is 30.0 Å². The van der Waals surface area contributed by atoms with Crippen molar-refractivity contribution in [3.05, 3.63) is 59.2 Å². The summed E-state index contributed by atoms with van der Waals surface area (Å²) < 4.78 is 5.33. The number of aryl methyl sites for hydroxylation is 1. The van der Waals surface area contributed by atoms with Crippen LogP contribution < -0.4 is 15.4 Å². The van der Waals surface area contributed by atoms with Crippen LogP contribution in [0.4, 0.5) is 5.69 Å². The summed E-state index contributed by atoms with van der Waals surface area (Å²) in [4.78, 5) is 12.3. The van der Waals surface area contributed by atoms with Crippen LogP contribution in [0.15, 0.2) is 42.5 Å². The van der Waals surface area contributed by atoms with Gasteiger partial charge in [-0.15, -0.1) is 0 Å². The second-order valence-corrected chi connectivity index (χ2v) is 6.48. The summed E-state index contributed by atoms with van der Waals surface area (Å²) in [5.41, 5.74) is 4.32. The van der Waals surface area contributed by atoms with Gasteiger partial charge in [0.05, 0.1) is 7.11 Å². The van der Waals surface area contributed by atoms with Crippen molar-refractivity contribution >= 4 is 11.6 Å². The Morgan fingerprint density at radius 1 is 1.12 bits per heavy atom. The topological polar surface area (TPSA) is 50.4 Å². The Morgan fingerprint density at radius 2 is 1.88 bits per heavy atom. The Kier molecular flexibility index (Phi) is 7.02. The molecule has 0 aliphatic rings. The molecule has 0 unspecified atom stereocenters. The van der Waals surface area contributed by atoms with Gasteiger partial charge in [-0.1, -0.05) is 50.2 Å². The van der Waals surface area contributed by atoms with Crippen LogP contribution in [0, 0.1) is 6.92 Å². The molecule has 4 nitrogen and oxygen atoms in total. The van der Waals surface area contributed by atoms with Gasteiger partial charge in [-0.2, -0.15) is 0 Å². The van der Waals surface area contributed by atoms with Crippen molar-refractivity contribution in [3.63, 3.8) is 0 Å². The first-order valence-electron chi connectivity index (χ1n) is 8.75. The molecule has 25 heavy (non-hydrogen) atoms. The molecule has 0 atom stereocenters. The van der Waals surface area contributed by atoms with Crippen LogP contribution >= 0.6 is 0 Å². The number of carbonyl (C=O) groups is 1. The number of carbonyl (C=O) groups excluding carboxylic acids is 1. The summed E-state index contributed by atoms with van der Waals surface area (Å²) in [6.45, 7) is 7.60. The molecule has 0 saturated heterocycles. The maximum Gasteiger partial charge on any atom is 0.225 e. The molecule has 0 bridgehead atoms. The van der Waals surface area contributed by atoms with E-state index in [-0.39, 0.29) is 5.91 Å². The minimum absolute atomic E-state index is 0.0312. The molecule has 0 aliphatic carbocycles. The average molecular weight is 340 g/mol. The smallest absolute Gasteiger partial charge is 0.225 e. The number of nitrogens with one attached hydrogen (secondary N) is 2. The van der Waals surface area contributed by atoms with Gasteiger partial charge in [-0.3, -0.25) is 4.79 Å². The molecular weight excluding hydrogens is 312 g/mol. The van der Waals surface area contributed by atoms with Gasteiger partial charge < -0.3 is 15.4 Å². The average Bonchev–Trinajstić information content (AvgIpc) is 2.60. The molecule has 134 valence electrons. The normalized spacial score (nSPS) is 10.8. The molecule has 2 aromatic rings. The maximum absolute atomic E-state index is 12.3. The number of hydrogen-bond acceptors (Lipinski definition) is 3. The predicted octanol–water partition coefficient (Wildman–Crippen LogP) is 4.25. The number of amides is 1. The van der Waals surface area contributed by atoms with Crippen molar-refractivity contribution in [2.75, 3.05) is 19.0 Å². The molecule has 0 aliphatic heterocycles. The second kappa shape index (κ2) is 9.23. The van der Waals surface area contributed by atoms with E-state index in [1.54, 1.807) is 7.11 Å². The van der Waals surface area contributed by atoms with Gasteiger partial charge in [0.1, 0.15) is 5.75 Å². The highest BCUT2D eigenvalue weighted by molar-refractivity contribution is 5.92. The molecule has 2 rings (SSSR count). The lowest BCUT2D eigenvalue weighted by Gasteiger charge is -2.16. The first-order valence-corrected chi connectivity index (χ1v) is 8.75. The standard InChI is InChI=1S/C21H28N2O2/c1-15(2)18-10-7-8-16(3)21(18)23-20(24)12-13-22-14-17-9-5-6-11-19(17)25-4/h5-11,15,22H,12-14H2,1-4H3,(H,23,24). The van der Waals surface area contributed by atoms with E-state index in [0.717, 1.165) is 22.6 Å². The number of para-hydroxylation sites is 2. The molecule has 2 N–H and O–H groups in total. The van der Waals surface area contributed by atoms with Crippen molar-refractivity contribution in [2.24, 2.45) is 0 Å². The highest BCUT2D eigenvalue weighted by Gasteiger charge is 2.11. The number of anilines is 1. The quantitative estimate of drug-likeness (QED) is 0.707. The van der Waals surface area contributed by atoms with Crippen LogP contribution in [0.1, 0.15) is 42.9 Å². The molecular formula is C21H28N2O2. The highest BCUT2D eigenvalue weighted by atomic mass is 16.5. The molecule has 0 spiro atoms. The van der Waals surface area contributed by atoms with Crippen LogP contribution in [-0.2, 0) is 11.3 Å². The third kappa shape index (κ3) is 5.33. The molecule has 4 heteroatoms. The van der Waals surface area contributed by atoms with E-state index in [4.69, 9.17) is 4.74 Å². The zero-order chi connectivity index (χ0) is 18.2. The zero-order valence-corrected chi connectivity index (χ0v) is 15.6. The third-order valence-electron chi connectivity index (χ3n) is 4.23. The van der Waals surface area contributed by atoms with Crippen LogP contribution in [-0.4, -0.2) is 19.6 Å². The highest BCUT2D eigenvalue weighted by Crippen LogP contribution is 2.27. The van der Waals surface area contributed by atoms with Gasteiger partial charge in [0.15, 0.2) is 0 Å². The van der Waals surface area contributed by atoms with Gasteiger partial charge in [0.2, 0.25) is 5.91 Å². The fourth-order valence-corrected chi connectivity index (χ4v) is 2.82. The monoisotopic (exact) mass is 340 g/mol. The lowest BCUT2D eigenvalue weighted by atomic mass is 9.98. The van der Waals surface area contributed by atoms with Crippen molar-refractivity contribution < 1.29 is 9.53 Å². The molecule has 1 amide bonds. The number of rotatable bonds is 8. The van der Waals surface area contributed by atoms with E-state index in [0.29, 0.717) is 25.4 Å². The van der Waals surface area contributed by atoms with Crippen LogP contribution in [0.3, 0.4) is 0 Å². The summed E-state index contributed by atoms with van der Waals surface area (Å²) in [7, 11) is 1.67. The minimum atomic E-state index is 0.0312. The SMILES string of the molecule is COc1ccccc1CNCCC(=O)Nc1c(C)cccc1C(C)C. The third-order valence-corrected chi connectivity index (χ3v) is 4.23.